The molecule has 0 radical (unpaired) electrons. The molecule has 1 atom stereocenters. The Kier molecular flexibility index (Phi) is 3.59. The van der Waals surface area contributed by atoms with E-state index in [4.69, 9.17) is 0 Å². The molecule has 1 spiro atoms. The van der Waals surface area contributed by atoms with Crippen LogP contribution in [0, 0.1) is 6.92 Å². The van der Waals surface area contributed by atoms with Crippen LogP contribution in [0.25, 0.3) is 10.9 Å². The highest BCUT2D eigenvalue weighted by Crippen LogP contribution is 2.38. The summed E-state index contributed by atoms with van der Waals surface area (Å²) in [6, 6.07) is 6.17. The molecule has 1 aliphatic heterocycles. The normalized spacial score (nSPS) is 22.2. The lowest BCUT2D eigenvalue weighted by Gasteiger charge is -2.51. The third-order valence-corrected chi connectivity index (χ3v) is 5.64. The van der Waals surface area contributed by atoms with E-state index < -0.39 is 0 Å². The predicted octanol–water partition coefficient (Wildman–Crippen LogP) is 2.34. The van der Waals surface area contributed by atoms with Crippen LogP contribution in [0.2, 0.25) is 0 Å². The number of rotatable bonds is 3. The van der Waals surface area contributed by atoms with E-state index in [-0.39, 0.29) is 23.4 Å². The van der Waals surface area contributed by atoms with Gasteiger partial charge in [0.2, 0.25) is 11.8 Å². The second-order valence-electron chi connectivity index (χ2n) is 7.20. The fraction of sp³-hybridized carbons (Fsp3) is 0.474. The Bertz CT molecular complexity index is 804. The van der Waals surface area contributed by atoms with E-state index in [1.54, 1.807) is 0 Å². The van der Waals surface area contributed by atoms with E-state index >= 15 is 0 Å². The highest BCUT2D eigenvalue weighted by atomic mass is 16.2. The number of amides is 2. The van der Waals surface area contributed by atoms with E-state index in [1.807, 2.05) is 18.3 Å². The zero-order chi connectivity index (χ0) is 16.7. The smallest absolute Gasteiger partial charge is 0.224 e. The maximum Gasteiger partial charge on any atom is 0.224 e. The number of piperidine rings is 1. The minimum Gasteiger partial charge on any atom is -0.361 e. The van der Waals surface area contributed by atoms with Gasteiger partial charge in [-0.15, -0.1) is 0 Å². The van der Waals surface area contributed by atoms with E-state index in [0.717, 1.165) is 42.1 Å². The monoisotopic (exact) mass is 325 g/mol. The van der Waals surface area contributed by atoms with Crippen LogP contribution in [0.4, 0.5) is 0 Å². The van der Waals surface area contributed by atoms with Crippen LogP contribution in [0.3, 0.4) is 0 Å². The van der Waals surface area contributed by atoms with Crippen molar-refractivity contribution in [3.05, 3.63) is 35.5 Å². The molecule has 126 valence electrons. The number of nitrogens with one attached hydrogen (secondary N) is 3. The van der Waals surface area contributed by atoms with E-state index in [0.29, 0.717) is 12.8 Å². The number of benzene rings is 1. The van der Waals surface area contributed by atoms with Gasteiger partial charge >= 0.3 is 0 Å². The molecule has 1 aromatic carbocycles. The standard InChI is InChI=1S/C19H23N3O2/c1-12-4-2-5-14-18(12)13(11-20-14)10-17(24)21-15-6-7-16(23)22-19(15)8-3-9-19/h2,4-5,11,15,20H,3,6-10H2,1H3,(H,21,24)(H,22,23). The highest BCUT2D eigenvalue weighted by Gasteiger charge is 2.48. The quantitative estimate of drug-likeness (QED) is 0.810. The number of aromatic amines is 1. The van der Waals surface area contributed by atoms with Gasteiger partial charge in [-0.2, -0.15) is 0 Å². The molecule has 2 heterocycles. The zero-order valence-corrected chi connectivity index (χ0v) is 13.9. The first-order valence-corrected chi connectivity index (χ1v) is 8.73. The largest absolute Gasteiger partial charge is 0.361 e. The molecule has 1 aromatic heterocycles. The number of aromatic nitrogens is 1. The number of hydrogen-bond acceptors (Lipinski definition) is 2. The first kappa shape index (κ1) is 15.2. The summed E-state index contributed by atoms with van der Waals surface area (Å²) < 4.78 is 0. The number of fused-ring (bicyclic) bond motifs is 1. The van der Waals surface area contributed by atoms with Crippen LogP contribution >= 0.6 is 0 Å². The topological polar surface area (TPSA) is 74.0 Å². The van der Waals surface area contributed by atoms with Gasteiger partial charge in [-0.3, -0.25) is 9.59 Å². The first-order chi connectivity index (χ1) is 11.6. The molecule has 2 aromatic rings. The minimum atomic E-state index is -0.193. The molecular formula is C19H23N3O2. The fourth-order valence-corrected chi connectivity index (χ4v) is 4.23. The average molecular weight is 325 g/mol. The molecule has 2 aliphatic rings. The predicted molar refractivity (Wildman–Crippen MR) is 92.6 cm³/mol. The lowest BCUT2D eigenvalue weighted by atomic mass is 9.68. The summed E-state index contributed by atoms with van der Waals surface area (Å²) in [7, 11) is 0. The van der Waals surface area contributed by atoms with Crippen LogP contribution < -0.4 is 10.6 Å². The highest BCUT2D eigenvalue weighted by molar-refractivity contribution is 5.91. The van der Waals surface area contributed by atoms with Crippen LogP contribution in [0.1, 0.15) is 43.2 Å². The van der Waals surface area contributed by atoms with Crippen LogP contribution in [-0.4, -0.2) is 28.4 Å². The van der Waals surface area contributed by atoms with Gasteiger partial charge in [0.1, 0.15) is 0 Å². The average Bonchev–Trinajstić information content (AvgIpc) is 2.92. The van der Waals surface area contributed by atoms with Crippen molar-refractivity contribution in [2.75, 3.05) is 0 Å². The van der Waals surface area contributed by atoms with E-state index in [1.165, 1.54) is 5.56 Å². The van der Waals surface area contributed by atoms with Gasteiger partial charge in [-0.05, 0) is 49.8 Å². The Morgan fingerprint density at radius 2 is 2.21 bits per heavy atom. The van der Waals surface area contributed by atoms with Gasteiger partial charge < -0.3 is 15.6 Å². The Labute approximate surface area is 141 Å². The van der Waals surface area contributed by atoms with Crippen LogP contribution in [-0.2, 0) is 16.0 Å². The van der Waals surface area contributed by atoms with Gasteiger partial charge in [-0.25, -0.2) is 0 Å². The summed E-state index contributed by atoms with van der Waals surface area (Å²) in [4.78, 5) is 27.6. The van der Waals surface area contributed by atoms with Crippen molar-refractivity contribution in [3.63, 3.8) is 0 Å². The Balaban J connectivity index is 1.49. The van der Waals surface area contributed by atoms with Crippen molar-refractivity contribution in [1.29, 1.82) is 0 Å². The molecule has 1 unspecified atom stereocenters. The SMILES string of the molecule is Cc1cccc2[nH]cc(CC(=O)NC3CCC(=O)NC34CCC4)c12. The van der Waals surface area contributed by atoms with Gasteiger partial charge in [-0.1, -0.05) is 12.1 Å². The molecule has 1 aliphatic carbocycles. The molecule has 5 heteroatoms. The Hall–Kier alpha value is -2.30. The second-order valence-corrected chi connectivity index (χ2v) is 7.20. The third-order valence-electron chi connectivity index (χ3n) is 5.64. The number of carbonyl (C=O) groups excluding carboxylic acids is 2. The van der Waals surface area contributed by atoms with E-state index in [2.05, 4.69) is 28.6 Å². The summed E-state index contributed by atoms with van der Waals surface area (Å²) in [5.74, 6) is 0.152. The van der Waals surface area contributed by atoms with Gasteiger partial charge in [0.25, 0.3) is 0 Å². The van der Waals surface area contributed by atoms with Crippen LogP contribution in [0.5, 0.6) is 0 Å². The van der Waals surface area contributed by atoms with Crippen molar-refractivity contribution in [2.45, 2.75) is 57.0 Å². The van der Waals surface area contributed by atoms with Crippen LogP contribution in [0.15, 0.2) is 24.4 Å². The van der Waals surface area contributed by atoms with Crippen molar-refractivity contribution in [2.24, 2.45) is 0 Å². The molecular weight excluding hydrogens is 302 g/mol. The summed E-state index contributed by atoms with van der Waals surface area (Å²) in [6.45, 7) is 2.07. The molecule has 4 rings (SSSR count). The van der Waals surface area contributed by atoms with Crippen molar-refractivity contribution in [3.8, 4) is 0 Å². The van der Waals surface area contributed by atoms with Gasteiger partial charge in [0.05, 0.1) is 18.0 Å². The lowest BCUT2D eigenvalue weighted by molar-refractivity contribution is -0.131. The van der Waals surface area contributed by atoms with Crippen molar-refractivity contribution < 1.29 is 9.59 Å². The maximum atomic E-state index is 12.6. The first-order valence-electron chi connectivity index (χ1n) is 8.73. The third kappa shape index (κ3) is 2.48. The fourth-order valence-electron chi connectivity index (χ4n) is 4.23. The molecule has 2 amide bonds. The summed E-state index contributed by atoms with van der Waals surface area (Å²) in [5.41, 5.74) is 3.08. The zero-order valence-electron chi connectivity index (χ0n) is 13.9. The van der Waals surface area contributed by atoms with Gasteiger partial charge in [0.15, 0.2) is 0 Å². The number of H-pyrrole nitrogens is 1. The molecule has 3 N–H and O–H groups in total. The Morgan fingerprint density at radius 3 is 2.96 bits per heavy atom. The summed E-state index contributed by atoms with van der Waals surface area (Å²) in [6.07, 6.45) is 6.59. The van der Waals surface area contributed by atoms with Crippen molar-refractivity contribution in [1.82, 2.24) is 15.6 Å². The Morgan fingerprint density at radius 1 is 1.38 bits per heavy atom. The van der Waals surface area contributed by atoms with Crippen molar-refractivity contribution >= 4 is 22.7 Å². The summed E-state index contributed by atoms with van der Waals surface area (Å²) in [5, 5.41) is 7.45. The summed E-state index contributed by atoms with van der Waals surface area (Å²) >= 11 is 0. The molecule has 24 heavy (non-hydrogen) atoms. The van der Waals surface area contributed by atoms with Gasteiger partial charge in [0, 0.05) is 23.5 Å². The van der Waals surface area contributed by atoms with E-state index in [9.17, 15) is 9.59 Å². The maximum absolute atomic E-state index is 12.6. The number of carbonyl (C=O) groups is 2. The lowest BCUT2D eigenvalue weighted by Crippen LogP contribution is -2.68. The molecule has 1 saturated carbocycles. The number of hydrogen-bond donors (Lipinski definition) is 3. The number of aryl methyl sites for hydroxylation is 1. The molecule has 1 saturated heterocycles. The molecule has 5 nitrogen and oxygen atoms in total. The minimum absolute atomic E-state index is 0.0339. The molecule has 2 fully saturated rings. The second kappa shape index (κ2) is 5.65. The molecule has 0 bridgehead atoms.